The largest absolute Gasteiger partial charge is 0.355 e. The summed E-state index contributed by atoms with van der Waals surface area (Å²) < 4.78 is 0. The van der Waals surface area contributed by atoms with E-state index in [0.717, 1.165) is 25.8 Å². The molecule has 0 radical (unpaired) electrons. The first kappa shape index (κ1) is 22.5. The lowest BCUT2D eigenvalue weighted by atomic mass is 10.0. The summed E-state index contributed by atoms with van der Waals surface area (Å²) in [6, 6.07) is 0. The molecular formula is C22H44N2O. The van der Waals surface area contributed by atoms with Gasteiger partial charge in [0.05, 0.1) is 5.54 Å². The summed E-state index contributed by atoms with van der Waals surface area (Å²) in [5.41, 5.74) is 5.34. The number of hydrogen-bond acceptors (Lipinski definition) is 2. The number of carbonyl (C=O) groups excluding carboxylic acids is 1. The predicted octanol–water partition coefficient (Wildman–Crippen LogP) is 5.86. The van der Waals surface area contributed by atoms with Crippen molar-refractivity contribution in [2.45, 2.75) is 128 Å². The van der Waals surface area contributed by atoms with Crippen LogP contribution in [0.1, 0.15) is 122 Å². The Morgan fingerprint density at radius 3 is 1.44 bits per heavy atom. The zero-order valence-corrected chi connectivity index (χ0v) is 16.9. The molecule has 3 N–H and O–H groups in total. The number of amides is 1. The van der Waals surface area contributed by atoms with Crippen LogP contribution in [0.5, 0.6) is 0 Å². The molecule has 1 aliphatic rings. The van der Waals surface area contributed by atoms with Crippen molar-refractivity contribution in [3.8, 4) is 0 Å². The summed E-state index contributed by atoms with van der Waals surface area (Å²) in [5, 5.41) is 2.97. The van der Waals surface area contributed by atoms with Gasteiger partial charge in [-0.1, -0.05) is 103 Å². The molecule has 1 fully saturated rings. The Bertz CT molecular complexity index is 326. The minimum absolute atomic E-state index is 0.0634. The van der Waals surface area contributed by atoms with Crippen LogP contribution in [0.25, 0.3) is 0 Å². The predicted molar refractivity (Wildman–Crippen MR) is 109 cm³/mol. The molecule has 3 heteroatoms. The van der Waals surface area contributed by atoms with Crippen molar-refractivity contribution in [2.24, 2.45) is 5.73 Å². The number of nitrogens with one attached hydrogen (secondary N) is 1. The summed E-state index contributed by atoms with van der Waals surface area (Å²) in [5.74, 6) is 0.0634. The molecule has 0 spiro atoms. The van der Waals surface area contributed by atoms with Gasteiger partial charge in [-0.15, -0.1) is 0 Å². The van der Waals surface area contributed by atoms with Crippen LogP contribution >= 0.6 is 0 Å². The zero-order valence-electron chi connectivity index (χ0n) is 16.9. The average molecular weight is 353 g/mol. The van der Waals surface area contributed by atoms with Crippen LogP contribution in [0.3, 0.4) is 0 Å². The van der Waals surface area contributed by atoms with Crippen LogP contribution in [0.15, 0.2) is 0 Å². The second-order valence-corrected chi connectivity index (χ2v) is 8.22. The highest BCUT2D eigenvalue weighted by atomic mass is 16.2. The molecule has 0 saturated heterocycles. The van der Waals surface area contributed by atoms with Gasteiger partial charge in [-0.05, 0) is 19.3 Å². The highest BCUT2D eigenvalue weighted by molar-refractivity contribution is 5.88. The maximum Gasteiger partial charge on any atom is 0.240 e. The molecule has 0 atom stereocenters. The van der Waals surface area contributed by atoms with Crippen molar-refractivity contribution in [2.75, 3.05) is 6.54 Å². The van der Waals surface area contributed by atoms with Crippen molar-refractivity contribution in [3.05, 3.63) is 0 Å². The summed E-state index contributed by atoms with van der Waals surface area (Å²) in [6.45, 7) is 3.09. The fourth-order valence-electron chi connectivity index (χ4n) is 3.41. The van der Waals surface area contributed by atoms with Gasteiger partial charge in [0, 0.05) is 6.54 Å². The summed E-state index contributed by atoms with van der Waals surface area (Å²) in [6.07, 6.45) is 23.8. The maximum absolute atomic E-state index is 11.7. The van der Waals surface area contributed by atoms with Crippen molar-refractivity contribution >= 4 is 5.91 Å². The van der Waals surface area contributed by atoms with Gasteiger partial charge >= 0.3 is 0 Å². The third kappa shape index (κ3) is 12.4. The number of rotatable bonds is 18. The van der Waals surface area contributed by atoms with E-state index in [-0.39, 0.29) is 5.91 Å². The second-order valence-electron chi connectivity index (χ2n) is 8.22. The molecule has 1 rings (SSSR count). The normalized spacial score (nSPS) is 15.3. The van der Waals surface area contributed by atoms with Gasteiger partial charge in [-0.25, -0.2) is 0 Å². The molecule has 1 aliphatic carbocycles. The van der Waals surface area contributed by atoms with E-state index in [2.05, 4.69) is 12.2 Å². The lowest BCUT2D eigenvalue weighted by Gasteiger charge is -2.09. The first-order valence-electron chi connectivity index (χ1n) is 11.3. The van der Waals surface area contributed by atoms with Gasteiger partial charge < -0.3 is 11.1 Å². The molecular weight excluding hydrogens is 308 g/mol. The third-order valence-electron chi connectivity index (χ3n) is 5.56. The van der Waals surface area contributed by atoms with E-state index < -0.39 is 5.54 Å². The average Bonchev–Trinajstić information content (AvgIpc) is 3.36. The van der Waals surface area contributed by atoms with Crippen LogP contribution in [-0.2, 0) is 4.79 Å². The number of nitrogens with two attached hydrogens (primary N) is 1. The van der Waals surface area contributed by atoms with E-state index in [4.69, 9.17) is 5.73 Å². The lowest BCUT2D eigenvalue weighted by molar-refractivity contribution is -0.123. The molecule has 3 nitrogen and oxygen atoms in total. The van der Waals surface area contributed by atoms with Crippen molar-refractivity contribution in [1.82, 2.24) is 5.32 Å². The van der Waals surface area contributed by atoms with Crippen molar-refractivity contribution < 1.29 is 4.79 Å². The van der Waals surface area contributed by atoms with Crippen LogP contribution in [0, 0.1) is 0 Å². The van der Waals surface area contributed by atoms with Gasteiger partial charge in [-0.2, -0.15) is 0 Å². The van der Waals surface area contributed by atoms with Crippen LogP contribution in [-0.4, -0.2) is 18.0 Å². The smallest absolute Gasteiger partial charge is 0.240 e. The first-order chi connectivity index (χ1) is 12.2. The fraction of sp³-hybridized carbons (Fsp3) is 0.955. The van der Waals surface area contributed by atoms with Crippen molar-refractivity contribution in [1.29, 1.82) is 0 Å². The van der Waals surface area contributed by atoms with E-state index in [1.54, 1.807) is 0 Å². The van der Waals surface area contributed by atoms with Gasteiger partial charge in [0.2, 0.25) is 5.91 Å². The lowest BCUT2D eigenvalue weighted by Crippen LogP contribution is -2.42. The third-order valence-corrected chi connectivity index (χ3v) is 5.56. The Labute approximate surface area is 156 Å². The minimum Gasteiger partial charge on any atom is -0.355 e. The quantitative estimate of drug-likeness (QED) is 0.304. The van der Waals surface area contributed by atoms with Crippen LogP contribution in [0.4, 0.5) is 0 Å². The Morgan fingerprint density at radius 2 is 1.08 bits per heavy atom. The highest BCUT2D eigenvalue weighted by Gasteiger charge is 2.45. The molecule has 0 unspecified atom stereocenters. The number of carbonyl (C=O) groups is 1. The van der Waals surface area contributed by atoms with Crippen LogP contribution < -0.4 is 11.1 Å². The maximum atomic E-state index is 11.7. The Balaban J connectivity index is 1.67. The van der Waals surface area contributed by atoms with Crippen molar-refractivity contribution in [3.63, 3.8) is 0 Å². The molecule has 0 aromatic rings. The fourth-order valence-corrected chi connectivity index (χ4v) is 3.41. The summed E-state index contributed by atoms with van der Waals surface area (Å²) >= 11 is 0. The Hall–Kier alpha value is -0.570. The van der Waals surface area contributed by atoms with E-state index >= 15 is 0 Å². The zero-order chi connectivity index (χ0) is 18.2. The first-order valence-corrected chi connectivity index (χ1v) is 11.3. The Morgan fingerprint density at radius 1 is 0.720 bits per heavy atom. The monoisotopic (exact) mass is 352 g/mol. The van der Waals surface area contributed by atoms with E-state index in [1.807, 2.05) is 0 Å². The van der Waals surface area contributed by atoms with E-state index in [1.165, 1.54) is 96.3 Å². The van der Waals surface area contributed by atoms with Gasteiger partial charge in [0.1, 0.15) is 0 Å². The van der Waals surface area contributed by atoms with Crippen LogP contribution in [0.2, 0.25) is 0 Å². The second kappa shape index (κ2) is 14.6. The molecule has 1 saturated carbocycles. The highest BCUT2D eigenvalue weighted by Crippen LogP contribution is 2.32. The van der Waals surface area contributed by atoms with Gasteiger partial charge in [0.25, 0.3) is 0 Å². The number of hydrogen-bond donors (Lipinski definition) is 2. The SMILES string of the molecule is CCCCCCCCCCCCCCCCCCNC(=O)C1(N)CC1. The van der Waals surface area contributed by atoms with E-state index in [9.17, 15) is 4.79 Å². The summed E-state index contributed by atoms with van der Waals surface area (Å²) in [7, 11) is 0. The van der Waals surface area contributed by atoms with Gasteiger partial charge in [-0.3, -0.25) is 4.79 Å². The number of unbranched alkanes of at least 4 members (excludes halogenated alkanes) is 15. The standard InChI is InChI=1S/C22H44N2O/c1-2-3-4-5-6-7-8-9-10-11-12-13-14-15-16-17-20-24-21(25)22(23)18-19-22/h2-20,23H2,1H3,(H,24,25). The van der Waals surface area contributed by atoms with Gasteiger partial charge in [0.15, 0.2) is 0 Å². The summed E-state index contributed by atoms with van der Waals surface area (Å²) in [4.78, 5) is 11.7. The molecule has 1 amide bonds. The molecule has 0 aromatic heterocycles. The van der Waals surface area contributed by atoms with E-state index in [0.29, 0.717) is 0 Å². The molecule has 25 heavy (non-hydrogen) atoms. The topological polar surface area (TPSA) is 55.1 Å². The molecule has 0 aromatic carbocycles. The molecule has 0 aliphatic heterocycles. The Kier molecular flexibility index (Phi) is 13.1. The molecule has 0 heterocycles. The molecule has 148 valence electrons. The minimum atomic E-state index is -0.505. The molecule has 0 bridgehead atoms.